The van der Waals surface area contributed by atoms with E-state index in [0.717, 1.165) is 11.8 Å². The lowest BCUT2D eigenvalue weighted by Gasteiger charge is -2.11. The third kappa shape index (κ3) is 5.62. The Balaban J connectivity index is 1.90. The van der Waals surface area contributed by atoms with Gasteiger partial charge in [-0.1, -0.05) is 35.0 Å². The topological polar surface area (TPSA) is 72.7 Å². The van der Waals surface area contributed by atoms with Gasteiger partial charge in [0, 0.05) is 18.0 Å². The monoisotopic (exact) mass is 461 g/mol. The van der Waals surface area contributed by atoms with Crippen molar-refractivity contribution in [3.05, 3.63) is 52.8 Å². The highest BCUT2D eigenvalue weighted by Gasteiger charge is 2.28. The summed E-state index contributed by atoms with van der Waals surface area (Å²) < 4.78 is 38.4. The zero-order chi connectivity index (χ0) is 21.0. The smallest absolute Gasteiger partial charge is 0.346 e. The molecule has 0 aliphatic rings. The van der Waals surface area contributed by atoms with Gasteiger partial charge >= 0.3 is 6.18 Å². The number of alkyl halides is 3. The van der Waals surface area contributed by atoms with Gasteiger partial charge in [-0.25, -0.2) is 0 Å². The highest BCUT2D eigenvalue weighted by Crippen LogP contribution is 2.31. The maximum Gasteiger partial charge on any atom is 0.405 e. The molecule has 2 aromatic heterocycles. The summed E-state index contributed by atoms with van der Waals surface area (Å²) in [6.07, 6.45) is -1.29. The number of aromatic nitrogens is 4. The highest BCUT2D eigenvalue weighted by atomic mass is 35.5. The van der Waals surface area contributed by atoms with Crippen molar-refractivity contribution in [3.8, 4) is 17.1 Å². The molecule has 0 bridgehead atoms. The Kier molecular flexibility index (Phi) is 6.66. The molecule has 0 aliphatic carbocycles. The van der Waals surface area contributed by atoms with Crippen LogP contribution in [0.5, 0.6) is 0 Å². The van der Waals surface area contributed by atoms with Gasteiger partial charge in [-0.3, -0.25) is 14.3 Å². The summed E-state index contributed by atoms with van der Waals surface area (Å²) in [5.74, 6) is -0.628. The fourth-order valence-electron chi connectivity index (χ4n) is 2.28. The minimum Gasteiger partial charge on any atom is -0.346 e. The summed E-state index contributed by atoms with van der Waals surface area (Å²) in [4.78, 5) is 15.8. The molecule has 3 rings (SSSR count). The van der Waals surface area contributed by atoms with Crippen LogP contribution in [0, 0.1) is 0 Å². The number of carbonyl (C=O) groups is 1. The van der Waals surface area contributed by atoms with Gasteiger partial charge in [0.05, 0.1) is 21.5 Å². The number of amides is 1. The first-order valence-electron chi connectivity index (χ1n) is 8.02. The molecule has 0 aliphatic heterocycles. The number of thioether (sulfide) groups is 1. The Morgan fingerprint density at radius 1 is 1.17 bits per heavy atom. The number of nitrogens with one attached hydrogen (secondary N) is 1. The van der Waals surface area contributed by atoms with Crippen molar-refractivity contribution < 1.29 is 18.0 Å². The van der Waals surface area contributed by atoms with E-state index in [9.17, 15) is 18.0 Å². The van der Waals surface area contributed by atoms with Gasteiger partial charge in [0.1, 0.15) is 6.54 Å². The number of carbonyl (C=O) groups excluding carboxylic acids is 1. The molecule has 152 valence electrons. The summed E-state index contributed by atoms with van der Waals surface area (Å²) in [5, 5.41) is 11.0. The van der Waals surface area contributed by atoms with Crippen LogP contribution in [0.15, 0.2) is 47.9 Å². The Morgan fingerprint density at radius 3 is 2.62 bits per heavy atom. The molecule has 2 heterocycles. The molecule has 3 aromatic rings. The lowest BCUT2D eigenvalue weighted by atomic mass is 10.2. The van der Waals surface area contributed by atoms with Gasteiger partial charge in [0.25, 0.3) is 0 Å². The van der Waals surface area contributed by atoms with Crippen molar-refractivity contribution in [2.45, 2.75) is 11.3 Å². The molecule has 1 aromatic carbocycles. The van der Waals surface area contributed by atoms with E-state index in [-0.39, 0.29) is 5.75 Å². The molecule has 0 radical (unpaired) electrons. The second-order valence-corrected chi connectivity index (χ2v) is 7.42. The summed E-state index contributed by atoms with van der Waals surface area (Å²) in [6, 6.07) is 8.37. The number of hydrogen-bond donors (Lipinski definition) is 1. The summed E-state index contributed by atoms with van der Waals surface area (Å²) in [5.41, 5.74) is 1.22. The molecule has 0 atom stereocenters. The van der Waals surface area contributed by atoms with E-state index in [1.54, 1.807) is 47.3 Å². The van der Waals surface area contributed by atoms with Crippen LogP contribution >= 0.6 is 35.0 Å². The fraction of sp³-hybridized carbons (Fsp3) is 0.176. The van der Waals surface area contributed by atoms with E-state index in [2.05, 4.69) is 15.2 Å². The van der Waals surface area contributed by atoms with Gasteiger partial charge in [0.2, 0.25) is 5.91 Å². The molecule has 0 spiro atoms. The fourth-order valence-corrected chi connectivity index (χ4v) is 3.36. The van der Waals surface area contributed by atoms with Gasteiger partial charge in [0.15, 0.2) is 11.0 Å². The van der Waals surface area contributed by atoms with E-state index < -0.39 is 18.6 Å². The predicted octanol–water partition coefficient (Wildman–Crippen LogP) is 4.41. The molecule has 1 amide bonds. The van der Waals surface area contributed by atoms with Crippen molar-refractivity contribution >= 4 is 40.9 Å². The first-order chi connectivity index (χ1) is 13.7. The maximum absolute atomic E-state index is 12.2. The van der Waals surface area contributed by atoms with Crippen molar-refractivity contribution in [1.29, 1.82) is 0 Å². The number of hydrogen-bond acceptors (Lipinski definition) is 5. The van der Waals surface area contributed by atoms with E-state index in [0.29, 0.717) is 32.3 Å². The largest absolute Gasteiger partial charge is 0.405 e. The zero-order valence-electron chi connectivity index (χ0n) is 14.5. The van der Waals surface area contributed by atoms with Crippen LogP contribution in [-0.2, 0) is 4.79 Å². The third-order valence-corrected chi connectivity index (χ3v) is 5.20. The van der Waals surface area contributed by atoms with Crippen LogP contribution in [0.1, 0.15) is 0 Å². The molecule has 29 heavy (non-hydrogen) atoms. The first-order valence-corrected chi connectivity index (χ1v) is 9.76. The second kappa shape index (κ2) is 9.02. The van der Waals surface area contributed by atoms with E-state index in [1.807, 2.05) is 5.32 Å². The van der Waals surface area contributed by atoms with E-state index in [4.69, 9.17) is 23.2 Å². The number of benzene rings is 1. The molecule has 1 N–H and O–H groups in total. The van der Waals surface area contributed by atoms with E-state index in [1.165, 1.54) is 0 Å². The Morgan fingerprint density at radius 2 is 1.97 bits per heavy atom. The molecule has 6 nitrogen and oxygen atoms in total. The molecule has 0 saturated heterocycles. The van der Waals surface area contributed by atoms with Crippen molar-refractivity contribution in [3.63, 3.8) is 0 Å². The standard InChI is InChI=1S/C17H12Cl2F3N5OS/c18-12-4-3-11(6-13(12)19)27-15(10-2-1-5-23-7-10)25-26-16(27)29-8-14(28)24-9-17(20,21)22/h1-7H,8-9H2,(H,24,28). The summed E-state index contributed by atoms with van der Waals surface area (Å²) >= 11 is 13.0. The van der Waals surface area contributed by atoms with Crippen LogP contribution < -0.4 is 5.32 Å². The predicted molar refractivity (Wildman–Crippen MR) is 104 cm³/mol. The van der Waals surface area contributed by atoms with Gasteiger partial charge in [-0.05, 0) is 30.3 Å². The molecular formula is C17H12Cl2F3N5OS. The Labute approximate surface area is 177 Å². The number of halogens is 5. The van der Waals surface area contributed by atoms with Crippen LogP contribution in [0.3, 0.4) is 0 Å². The lowest BCUT2D eigenvalue weighted by Crippen LogP contribution is -2.34. The lowest BCUT2D eigenvalue weighted by molar-refractivity contribution is -0.136. The quantitative estimate of drug-likeness (QED) is 0.550. The first kappa shape index (κ1) is 21.4. The minimum atomic E-state index is -4.48. The van der Waals surface area contributed by atoms with Gasteiger partial charge in [-0.2, -0.15) is 13.2 Å². The number of pyridine rings is 1. The van der Waals surface area contributed by atoms with Crippen LogP contribution in [0.4, 0.5) is 13.2 Å². The molecule has 0 saturated carbocycles. The normalized spacial score (nSPS) is 11.5. The molecular weight excluding hydrogens is 450 g/mol. The van der Waals surface area contributed by atoms with Crippen molar-refractivity contribution in [1.82, 2.24) is 25.1 Å². The molecule has 0 unspecified atom stereocenters. The number of rotatable bonds is 6. The van der Waals surface area contributed by atoms with Gasteiger partial charge < -0.3 is 5.32 Å². The molecule has 0 fully saturated rings. The van der Waals surface area contributed by atoms with Crippen molar-refractivity contribution in [2.75, 3.05) is 12.3 Å². The maximum atomic E-state index is 12.2. The SMILES string of the molecule is O=C(CSc1nnc(-c2cccnc2)n1-c1ccc(Cl)c(Cl)c1)NCC(F)(F)F. The molecule has 12 heteroatoms. The average Bonchev–Trinajstić information content (AvgIpc) is 3.11. The summed E-state index contributed by atoms with van der Waals surface area (Å²) in [6.45, 7) is -1.40. The van der Waals surface area contributed by atoms with Crippen LogP contribution in [-0.4, -0.2) is 44.1 Å². The highest BCUT2D eigenvalue weighted by molar-refractivity contribution is 7.99. The van der Waals surface area contributed by atoms with Crippen molar-refractivity contribution in [2.24, 2.45) is 0 Å². The number of nitrogens with zero attached hydrogens (tertiary/aromatic N) is 4. The Bertz CT molecular complexity index is 1010. The minimum absolute atomic E-state index is 0.275. The van der Waals surface area contributed by atoms with E-state index >= 15 is 0 Å². The van der Waals surface area contributed by atoms with Crippen LogP contribution in [0.2, 0.25) is 10.0 Å². The Hall–Kier alpha value is -2.30. The third-order valence-electron chi connectivity index (χ3n) is 3.53. The average molecular weight is 462 g/mol. The van der Waals surface area contributed by atoms with Gasteiger partial charge in [-0.15, -0.1) is 10.2 Å². The zero-order valence-corrected chi connectivity index (χ0v) is 16.8. The van der Waals surface area contributed by atoms with Crippen LogP contribution in [0.25, 0.3) is 17.1 Å². The second-order valence-electron chi connectivity index (χ2n) is 5.66. The summed E-state index contributed by atoms with van der Waals surface area (Å²) in [7, 11) is 0.